The zero-order chi connectivity index (χ0) is 14.3. The maximum Gasteiger partial charge on any atom is 0.179 e. The number of hydrogen-bond donors (Lipinski definition) is 1. The monoisotopic (exact) mass is 303 g/mol. The van der Waals surface area contributed by atoms with Gasteiger partial charge in [0, 0.05) is 6.54 Å². The number of halogens is 1. The number of nitrogens with one attached hydrogen (secondary N) is 1. The molecule has 1 aromatic rings. The maximum absolute atomic E-state index is 6.17. The first-order chi connectivity index (χ1) is 9.12. The van der Waals surface area contributed by atoms with Crippen LogP contribution in [0.5, 0.6) is 11.5 Å². The SMILES string of the molecule is COc1cc(CNCC(C)CSC)cc(Cl)c1OC. The van der Waals surface area contributed by atoms with E-state index in [0.717, 1.165) is 18.7 Å². The quantitative estimate of drug-likeness (QED) is 0.797. The van der Waals surface area contributed by atoms with E-state index in [2.05, 4.69) is 18.5 Å². The van der Waals surface area contributed by atoms with Crippen LogP contribution in [0.2, 0.25) is 5.02 Å². The summed E-state index contributed by atoms with van der Waals surface area (Å²) in [5, 5.41) is 4.01. The molecule has 1 atom stereocenters. The third-order valence-electron chi connectivity index (χ3n) is 2.77. The molecular weight excluding hydrogens is 282 g/mol. The molecule has 1 aromatic carbocycles. The van der Waals surface area contributed by atoms with E-state index in [-0.39, 0.29) is 0 Å². The second-order valence-corrected chi connectivity index (χ2v) is 5.82. The first-order valence-corrected chi connectivity index (χ1v) is 7.99. The number of benzene rings is 1. The molecule has 19 heavy (non-hydrogen) atoms. The van der Waals surface area contributed by atoms with E-state index in [1.807, 2.05) is 23.9 Å². The molecule has 0 aliphatic heterocycles. The third-order valence-corrected chi connectivity index (χ3v) is 3.95. The van der Waals surface area contributed by atoms with Crippen LogP contribution in [-0.4, -0.2) is 32.8 Å². The third kappa shape index (κ3) is 5.13. The summed E-state index contributed by atoms with van der Waals surface area (Å²) in [6.45, 7) is 4.01. The van der Waals surface area contributed by atoms with E-state index in [1.165, 1.54) is 5.75 Å². The van der Waals surface area contributed by atoms with Crippen LogP contribution in [0.4, 0.5) is 0 Å². The van der Waals surface area contributed by atoms with Crippen molar-refractivity contribution >= 4 is 23.4 Å². The van der Waals surface area contributed by atoms with E-state index in [0.29, 0.717) is 22.4 Å². The van der Waals surface area contributed by atoms with Gasteiger partial charge in [-0.25, -0.2) is 0 Å². The summed E-state index contributed by atoms with van der Waals surface area (Å²) in [6, 6.07) is 3.87. The minimum Gasteiger partial charge on any atom is -0.493 e. The fourth-order valence-corrected chi connectivity index (χ4v) is 2.88. The van der Waals surface area contributed by atoms with E-state index in [1.54, 1.807) is 14.2 Å². The van der Waals surface area contributed by atoms with Crippen molar-refractivity contribution in [2.45, 2.75) is 13.5 Å². The largest absolute Gasteiger partial charge is 0.493 e. The topological polar surface area (TPSA) is 30.5 Å². The Kier molecular flexibility index (Phi) is 7.42. The van der Waals surface area contributed by atoms with Crippen LogP contribution in [0, 0.1) is 5.92 Å². The second-order valence-electron chi connectivity index (χ2n) is 4.50. The Morgan fingerprint density at radius 2 is 2.05 bits per heavy atom. The summed E-state index contributed by atoms with van der Waals surface area (Å²) >= 11 is 8.04. The summed E-state index contributed by atoms with van der Waals surface area (Å²) < 4.78 is 10.5. The zero-order valence-electron chi connectivity index (χ0n) is 12.0. The Balaban J connectivity index is 2.62. The highest BCUT2D eigenvalue weighted by atomic mass is 35.5. The number of methoxy groups -OCH3 is 2. The van der Waals surface area contributed by atoms with Gasteiger partial charge in [-0.2, -0.15) is 11.8 Å². The van der Waals surface area contributed by atoms with Crippen molar-refractivity contribution in [3.8, 4) is 11.5 Å². The second kappa shape index (κ2) is 8.56. The summed E-state index contributed by atoms with van der Waals surface area (Å²) in [4.78, 5) is 0. The molecule has 0 fully saturated rings. The molecule has 0 aliphatic rings. The summed E-state index contributed by atoms with van der Waals surface area (Å²) in [6.07, 6.45) is 2.13. The van der Waals surface area contributed by atoms with Gasteiger partial charge in [-0.3, -0.25) is 0 Å². The highest BCUT2D eigenvalue weighted by Gasteiger charge is 2.10. The van der Waals surface area contributed by atoms with Crippen molar-refractivity contribution in [2.24, 2.45) is 5.92 Å². The summed E-state index contributed by atoms with van der Waals surface area (Å²) in [7, 11) is 3.21. The van der Waals surface area contributed by atoms with Gasteiger partial charge in [0.1, 0.15) is 0 Å². The molecule has 0 radical (unpaired) electrons. The zero-order valence-corrected chi connectivity index (χ0v) is 13.5. The fourth-order valence-electron chi connectivity index (χ4n) is 1.88. The molecule has 3 nitrogen and oxygen atoms in total. The van der Waals surface area contributed by atoms with Crippen LogP contribution in [0.1, 0.15) is 12.5 Å². The molecular formula is C14H22ClNO2S. The van der Waals surface area contributed by atoms with Crippen LogP contribution in [-0.2, 0) is 6.54 Å². The van der Waals surface area contributed by atoms with Crippen molar-refractivity contribution in [3.05, 3.63) is 22.7 Å². The van der Waals surface area contributed by atoms with E-state index in [4.69, 9.17) is 21.1 Å². The van der Waals surface area contributed by atoms with Gasteiger partial charge in [-0.15, -0.1) is 0 Å². The van der Waals surface area contributed by atoms with Crippen LogP contribution in [0.3, 0.4) is 0 Å². The molecule has 0 spiro atoms. The van der Waals surface area contributed by atoms with Crippen LogP contribution in [0.15, 0.2) is 12.1 Å². The first kappa shape index (κ1) is 16.5. The highest BCUT2D eigenvalue weighted by molar-refractivity contribution is 7.98. The Labute approximate surface area is 125 Å². The van der Waals surface area contributed by atoms with Crippen LogP contribution < -0.4 is 14.8 Å². The standard InChI is InChI=1S/C14H22ClNO2S/c1-10(9-19-4)7-16-8-11-5-12(15)14(18-3)13(6-11)17-2/h5-6,10,16H,7-9H2,1-4H3. The molecule has 0 saturated carbocycles. The Hall–Kier alpha value is -0.580. The molecule has 0 heterocycles. The Bertz CT molecular complexity index is 401. The Morgan fingerprint density at radius 1 is 1.32 bits per heavy atom. The van der Waals surface area contributed by atoms with Crippen molar-refractivity contribution in [3.63, 3.8) is 0 Å². The van der Waals surface area contributed by atoms with Gasteiger partial charge in [0.25, 0.3) is 0 Å². The molecule has 0 amide bonds. The van der Waals surface area contributed by atoms with Crippen molar-refractivity contribution < 1.29 is 9.47 Å². The highest BCUT2D eigenvalue weighted by Crippen LogP contribution is 2.35. The van der Waals surface area contributed by atoms with Gasteiger partial charge in [-0.05, 0) is 42.2 Å². The lowest BCUT2D eigenvalue weighted by Gasteiger charge is -2.14. The fraction of sp³-hybridized carbons (Fsp3) is 0.571. The minimum absolute atomic E-state index is 0.579. The Morgan fingerprint density at radius 3 is 2.63 bits per heavy atom. The van der Waals surface area contributed by atoms with Crippen LogP contribution >= 0.6 is 23.4 Å². The molecule has 0 aliphatic carbocycles. The van der Waals surface area contributed by atoms with Crippen molar-refractivity contribution in [1.29, 1.82) is 0 Å². The van der Waals surface area contributed by atoms with Gasteiger partial charge < -0.3 is 14.8 Å². The molecule has 1 N–H and O–H groups in total. The average molecular weight is 304 g/mol. The summed E-state index contributed by atoms with van der Waals surface area (Å²) in [5.41, 5.74) is 1.10. The molecule has 108 valence electrons. The summed E-state index contributed by atoms with van der Waals surface area (Å²) in [5.74, 6) is 3.08. The molecule has 5 heteroatoms. The predicted molar refractivity (Wildman–Crippen MR) is 83.8 cm³/mol. The maximum atomic E-state index is 6.17. The number of hydrogen-bond acceptors (Lipinski definition) is 4. The van der Waals surface area contributed by atoms with Crippen molar-refractivity contribution in [2.75, 3.05) is 32.8 Å². The van der Waals surface area contributed by atoms with Gasteiger partial charge in [0.15, 0.2) is 11.5 Å². The number of thioether (sulfide) groups is 1. The van der Waals surface area contributed by atoms with Gasteiger partial charge in [0.05, 0.1) is 19.2 Å². The molecule has 0 aromatic heterocycles. The lowest BCUT2D eigenvalue weighted by Crippen LogP contribution is -2.22. The van der Waals surface area contributed by atoms with Gasteiger partial charge in [0.2, 0.25) is 0 Å². The molecule has 1 unspecified atom stereocenters. The van der Waals surface area contributed by atoms with Gasteiger partial charge in [-0.1, -0.05) is 18.5 Å². The van der Waals surface area contributed by atoms with E-state index >= 15 is 0 Å². The van der Waals surface area contributed by atoms with Gasteiger partial charge >= 0.3 is 0 Å². The molecule has 0 saturated heterocycles. The van der Waals surface area contributed by atoms with Crippen molar-refractivity contribution in [1.82, 2.24) is 5.32 Å². The minimum atomic E-state index is 0.579. The average Bonchev–Trinajstić information content (AvgIpc) is 2.38. The van der Waals surface area contributed by atoms with E-state index in [9.17, 15) is 0 Å². The number of ether oxygens (including phenoxy) is 2. The molecule has 0 bridgehead atoms. The lowest BCUT2D eigenvalue weighted by molar-refractivity contribution is 0.354. The first-order valence-electron chi connectivity index (χ1n) is 6.22. The lowest BCUT2D eigenvalue weighted by atomic mass is 10.1. The van der Waals surface area contributed by atoms with Crippen LogP contribution in [0.25, 0.3) is 0 Å². The molecule has 1 rings (SSSR count). The smallest absolute Gasteiger partial charge is 0.179 e. The normalized spacial score (nSPS) is 12.3. The predicted octanol–water partition coefficient (Wildman–Crippen LogP) is 3.45. The van der Waals surface area contributed by atoms with E-state index < -0.39 is 0 Å². The number of rotatable bonds is 8.